The molecule has 2 heterocycles. The smallest absolute Gasteiger partial charge is 0.326 e. The molecule has 0 saturated heterocycles. The Morgan fingerprint density at radius 3 is 2.48 bits per heavy atom. The standard InChI is InChI=1S/C15H16N4O3S/c1-18-13-4-2-3-5-14(13)19(23(18,21)22)11-10-17-15(20)12-6-8-16-9-7-12/h2-9H,10-11H2,1H3,(H,17,20). The molecule has 2 aromatic rings. The van der Waals surface area contributed by atoms with E-state index in [4.69, 9.17) is 0 Å². The van der Waals surface area contributed by atoms with Crippen molar-refractivity contribution in [2.45, 2.75) is 0 Å². The number of hydrogen-bond acceptors (Lipinski definition) is 4. The summed E-state index contributed by atoms with van der Waals surface area (Å²) in [4.78, 5) is 15.8. The number of carbonyl (C=O) groups excluding carboxylic acids is 1. The largest absolute Gasteiger partial charge is 0.350 e. The topological polar surface area (TPSA) is 82.6 Å². The minimum absolute atomic E-state index is 0.167. The quantitative estimate of drug-likeness (QED) is 0.906. The molecular formula is C15H16N4O3S. The number of anilines is 2. The van der Waals surface area contributed by atoms with E-state index >= 15 is 0 Å². The molecular weight excluding hydrogens is 316 g/mol. The zero-order valence-corrected chi connectivity index (χ0v) is 13.3. The summed E-state index contributed by atoms with van der Waals surface area (Å²) in [7, 11) is -2.06. The van der Waals surface area contributed by atoms with Gasteiger partial charge in [0.25, 0.3) is 5.91 Å². The van der Waals surface area contributed by atoms with Gasteiger partial charge in [-0.25, -0.2) is 4.31 Å². The third-order valence-electron chi connectivity index (χ3n) is 3.66. The van der Waals surface area contributed by atoms with Crippen molar-refractivity contribution in [3.63, 3.8) is 0 Å². The van der Waals surface area contributed by atoms with Gasteiger partial charge >= 0.3 is 10.2 Å². The van der Waals surface area contributed by atoms with Crippen molar-refractivity contribution in [1.29, 1.82) is 0 Å². The Balaban J connectivity index is 1.70. The summed E-state index contributed by atoms with van der Waals surface area (Å²) in [6.45, 7) is 0.378. The molecule has 0 spiro atoms. The third-order valence-corrected chi connectivity index (χ3v) is 5.48. The molecule has 1 aromatic carbocycles. The van der Waals surface area contributed by atoms with Crippen LogP contribution in [0.15, 0.2) is 48.8 Å². The van der Waals surface area contributed by atoms with Crippen LogP contribution in [0.5, 0.6) is 0 Å². The lowest BCUT2D eigenvalue weighted by molar-refractivity contribution is 0.0954. The first-order valence-corrected chi connectivity index (χ1v) is 8.45. The predicted molar refractivity (Wildman–Crippen MR) is 87.7 cm³/mol. The Kier molecular flexibility index (Phi) is 3.91. The van der Waals surface area contributed by atoms with E-state index in [0.717, 1.165) is 0 Å². The van der Waals surface area contributed by atoms with Crippen LogP contribution < -0.4 is 13.9 Å². The summed E-state index contributed by atoms with van der Waals surface area (Å²) < 4.78 is 27.4. The molecule has 23 heavy (non-hydrogen) atoms. The zero-order chi connectivity index (χ0) is 16.4. The van der Waals surface area contributed by atoms with E-state index in [0.29, 0.717) is 16.9 Å². The Labute approximate surface area is 134 Å². The van der Waals surface area contributed by atoms with Crippen molar-refractivity contribution < 1.29 is 13.2 Å². The number of nitrogens with zero attached hydrogens (tertiary/aromatic N) is 3. The predicted octanol–water partition coefficient (Wildman–Crippen LogP) is 1.01. The fourth-order valence-corrected chi connectivity index (χ4v) is 3.87. The summed E-state index contributed by atoms with van der Waals surface area (Å²) in [5, 5.41) is 2.72. The number of pyridine rings is 1. The number of aromatic nitrogens is 1. The van der Waals surface area contributed by atoms with Crippen LogP contribution in [0.3, 0.4) is 0 Å². The highest BCUT2D eigenvalue weighted by atomic mass is 32.2. The van der Waals surface area contributed by atoms with Crippen LogP contribution in [0, 0.1) is 0 Å². The summed E-state index contributed by atoms with van der Waals surface area (Å²) in [6.07, 6.45) is 3.07. The Morgan fingerprint density at radius 1 is 1.13 bits per heavy atom. The van der Waals surface area contributed by atoms with Crippen molar-refractivity contribution in [3.05, 3.63) is 54.4 Å². The number of hydrogen-bond donors (Lipinski definition) is 1. The number of carbonyl (C=O) groups is 1. The van der Waals surface area contributed by atoms with E-state index in [1.807, 2.05) is 0 Å². The first-order valence-electron chi connectivity index (χ1n) is 7.05. The fourth-order valence-electron chi connectivity index (χ4n) is 2.45. The van der Waals surface area contributed by atoms with Gasteiger partial charge in [0, 0.05) is 31.5 Å². The van der Waals surface area contributed by atoms with Gasteiger partial charge in [-0.05, 0) is 24.3 Å². The molecule has 1 aliphatic heterocycles. The molecule has 0 radical (unpaired) electrons. The maximum Gasteiger partial charge on any atom is 0.326 e. The molecule has 120 valence electrons. The Morgan fingerprint density at radius 2 is 1.78 bits per heavy atom. The molecule has 1 aromatic heterocycles. The maximum absolute atomic E-state index is 12.4. The van der Waals surface area contributed by atoms with E-state index in [1.165, 1.54) is 28.1 Å². The summed E-state index contributed by atoms with van der Waals surface area (Å²) in [5.74, 6) is -0.259. The van der Waals surface area contributed by atoms with Crippen LogP contribution in [0.1, 0.15) is 10.4 Å². The van der Waals surface area contributed by atoms with Crippen molar-refractivity contribution in [2.75, 3.05) is 28.7 Å². The summed E-state index contributed by atoms with van der Waals surface area (Å²) in [6, 6.07) is 10.3. The monoisotopic (exact) mass is 332 g/mol. The molecule has 0 unspecified atom stereocenters. The third kappa shape index (κ3) is 2.72. The Bertz CT molecular complexity index is 824. The van der Waals surface area contributed by atoms with E-state index < -0.39 is 10.2 Å². The molecule has 0 bridgehead atoms. The molecule has 0 aliphatic carbocycles. The van der Waals surface area contributed by atoms with Gasteiger partial charge in [-0.3, -0.25) is 14.1 Å². The average Bonchev–Trinajstić information content (AvgIpc) is 2.76. The molecule has 8 heteroatoms. The lowest BCUT2D eigenvalue weighted by atomic mass is 10.2. The molecule has 7 nitrogen and oxygen atoms in total. The number of fused-ring (bicyclic) bond motifs is 1. The van der Waals surface area contributed by atoms with E-state index in [1.54, 1.807) is 36.4 Å². The molecule has 3 rings (SSSR count). The number of benzene rings is 1. The minimum atomic E-state index is -3.58. The number of rotatable bonds is 4. The second kappa shape index (κ2) is 5.88. The van der Waals surface area contributed by atoms with Crippen LogP contribution in [-0.4, -0.2) is 39.4 Å². The number of nitrogens with one attached hydrogen (secondary N) is 1. The van der Waals surface area contributed by atoms with Crippen LogP contribution >= 0.6 is 0 Å². The molecule has 1 N–H and O–H groups in total. The summed E-state index contributed by atoms with van der Waals surface area (Å²) in [5.41, 5.74) is 1.74. The van der Waals surface area contributed by atoms with Crippen molar-refractivity contribution in [2.24, 2.45) is 0 Å². The van der Waals surface area contributed by atoms with E-state index in [2.05, 4.69) is 10.3 Å². The first kappa shape index (κ1) is 15.3. The van der Waals surface area contributed by atoms with Crippen molar-refractivity contribution in [1.82, 2.24) is 10.3 Å². The van der Waals surface area contributed by atoms with Gasteiger partial charge in [-0.1, -0.05) is 12.1 Å². The first-order chi connectivity index (χ1) is 11.0. The van der Waals surface area contributed by atoms with Crippen LogP contribution in [0.25, 0.3) is 0 Å². The normalized spacial score (nSPS) is 15.3. The van der Waals surface area contributed by atoms with Crippen molar-refractivity contribution >= 4 is 27.5 Å². The van der Waals surface area contributed by atoms with Crippen LogP contribution in [0.2, 0.25) is 0 Å². The highest BCUT2D eigenvalue weighted by Crippen LogP contribution is 2.38. The SMILES string of the molecule is CN1c2ccccc2N(CCNC(=O)c2ccncc2)S1(=O)=O. The molecule has 0 saturated carbocycles. The molecule has 1 amide bonds. The second-order valence-corrected chi connectivity index (χ2v) is 6.91. The van der Waals surface area contributed by atoms with Gasteiger partial charge in [0.05, 0.1) is 17.9 Å². The maximum atomic E-state index is 12.4. The summed E-state index contributed by atoms with van der Waals surface area (Å²) >= 11 is 0. The highest BCUT2D eigenvalue weighted by Gasteiger charge is 2.37. The lowest BCUT2D eigenvalue weighted by Gasteiger charge is -2.19. The van der Waals surface area contributed by atoms with E-state index in [9.17, 15) is 13.2 Å². The minimum Gasteiger partial charge on any atom is -0.350 e. The zero-order valence-electron chi connectivity index (χ0n) is 12.5. The van der Waals surface area contributed by atoms with Crippen molar-refractivity contribution in [3.8, 4) is 0 Å². The van der Waals surface area contributed by atoms with Gasteiger partial charge in [0.2, 0.25) is 0 Å². The van der Waals surface area contributed by atoms with E-state index in [-0.39, 0.29) is 19.0 Å². The van der Waals surface area contributed by atoms with Gasteiger partial charge in [0.1, 0.15) is 0 Å². The second-order valence-electron chi connectivity index (χ2n) is 5.03. The highest BCUT2D eigenvalue weighted by molar-refractivity contribution is 7.94. The molecule has 0 fully saturated rings. The van der Waals surface area contributed by atoms with Gasteiger partial charge in [0.15, 0.2) is 0 Å². The lowest BCUT2D eigenvalue weighted by Crippen LogP contribution is -2.40. The molecule has 0 atom stereocenters. The average molecular weight is 332 g/mol. The van der Waals surface area contributed by atoms with Gasteiger partial charge in [-0.15, -0.1) is 0 Å². The van der Waals surface area contributed by atoms with Gasteiger partial charge < -0.3 is 5.32 Å². The van der Waals surface area contributed by atoms with Crippen LogP contribution in [-0.2, 0) is 10.2 Å². The van der Waals surface area contributed by atoms with Crippen LogP contribution in [0.4, 0.5) is 11.4 Å². The molecule has 1 aliphatic rings. The Hall–Kier alpha value is -2.61. The van der Waals surface area contributed by atoms with Gasteiger partial charge in [-0.2, -0.15) is 8.42 Å². The number of amides is 1. The fraction of sp³-hybridized carbons (Fsp3) is 0.200. The number of para-hydroxylation sites is 2.